The topological polar surface area (TPSA) is 43.7 Å². The summed E-state index contributed by atoms with van der Waals surface area (Å²) in [6.07, 6.45) is 1.88. The molecule has 2 atom stereocenters. The van der Waals surface area contributed by atoms with Crippen LogP contribution in [0.15, 0.2) is 30.3 Å². The Morgan fingerprint density at radius 2 is 2.00 bits per heavy atom. The van der Waals surface area contributed by atoms with Gasteiger partial charge in [-0.25, -0.2) is 0 Å². The van der Waals surface area contributed by atoms with Crippen LogP contribution in [0.2, 0.25) is 0 Å². The molecule has 1 aliphatic heterocycles. The molecule has 19 heavy (non-hydrogen) atoms. The van der Waals surface area contributed by atoms with E-state index >= 15 is 0 Å². The first kappa shape index (κ1) is 14.5. The number of aliphatic hydroxyl groups excluding tert-OH is 1. The molecule has 1 aliphatic rings. The Hall–Kier alpha value is -0.900. The van der Waals surface area contributed by atoms with Gasteiger partial charge >= 0.3 is 0 Å². The molecule has 0 spiro atoms. The molecule has 2 unspecified atom stereocenters. The summed E-state index contributed by atoms with van der Waals surface area (Å²) in [4.78, 5) is 2.27. The Labute approximate surface area is 115 Å². The summed E-state index contributed by atoms with van der Waals surface area (Å²) in [5, 5.41) is 20.0. The molecule has 2 N–H and O–H groups in total. The van der Waals surface area contributed by atoms with E-state index < -0.39 is 5.60 Å². The van der Waals surface area contributed by atoms with Crippen LogP contribution >= 0.6 is 0 Å². The summed E-state index contributed by atoms with van der Waals surface area (Å²) in [7, 11) is 0. The summed E-state index contributed by atoms with van der Waals surface area (Å²) in [5.41, 5.74) is 0.294. The van der Waals surface area contributed by atoms with Crippen LogP contribution in [0, 0.1) is 0 Å². The summed E-state index contributed by atoms with van der Waals surface area (Å²) in [6.45, 7) is 6.58. The fraction of sp³-hybridized carbons (Fsp3) is 0.625. The molecule has 0 radical (unpaired) electrons. The van der Waals surface area contributed by atoms with E-state index in [9.17, 15) is 10.2 Å². The standard InChI is InChI=1S/C16H25NO2/c1-15(13-18,14-7-4-3-5-8-14)11-17-10-6-9-16(2,19)12-17/h3-5,7-8,18-19H,6,9-13H2,1-2H3. The summed E-state index contributed by atoms with van der Waals surface area (Å²) >= 11 is 0. The van der Waals surface area contributed by atoms with E-state index in [1.54, 1.807) is 0 Å². The fourth-order valence-corrected chi connectivity index (χ4v) is 3.02. The third-order valence-electron chi connectivity index (χ3n) is 4.15. The molecule has 1 heterocycles. The number of nitrogens with zero attached hydrogens (tertiary/aromatic N) is 1. The normalized spacial score (nSPS) is 28.0. The molecule has 0 aromatic heterocycles. The largest absolute Gasteiger partial charge is 0.395 e. The van der Waals surface area contributed by atoms with Crippen molar-refractivity contribution >= 4 is 0 Å². The van der Waals surface area contributed by atoms with E-state index in [-0.39, 0.29) is 12.0 Å². The lowest BCUT2D eigenvalue weighted by Crippen LogP contribution is -2.51. The first-order chi connectivity index (χ1) is 8.95. The van der Waals surface area contributed by atoms with E-state index in [1.165, 1.54) is 0 Å². The number of rotatable bonds is 4. The smallest absolute Gasteiger partial charge is 0.0746 e. The minimum absolute atomic E-state index is 0.121. The minimum atomic E-state index is -0.592. The highest BCUT2D eigenvalue weighted by Crippen LogP contribution is 2.28. The number of benzene rings is 1. The second-order valence-corrected chi connectivity index (χ2v) is 6.40. The van der Waals surface area contributed by atoms with E-state index in [4.69, 9.17) is 0 Å². The van der Waals surface area contributed by atoms with Crippen molar-refractivity contribution in [2.75, 3.05) is 26.2 Å². The molecule has 106 valence electrons. The Morgan fingerprint density at radius 1 is 1.32 bits per heavy atom. The third kappa shape index (κ3) is 3.56. The average Bonchev–Trinajstić information content (AvgIpc) is 2.38. The second-order valence-electron chi connectivity index (χ2n) is 6.40. The van der Waals surface area contributed by atoms with Gasteiger partial charge in [-0.3, -0.25) is 4.90 Å². The molecule has 0 saturated carbocycles. The lowest BCUT2D eigenvalue weighted by atomic mass is 9.81. The molecule has 0 amide bonds. The molecular weight excluding hydrogens is 238 g/mol. The predicted molar refractivity (Wildman–Crippen MR) is 77.2 cm³/mol. The van der Waals surface area contributed by atoms with Crippen LogP contribution in [0.5, 0.6) is 0 Å². The minimum Gasteiger partial charge on any atom is -0.395 e. The van der Waals surface area contributed by atoms with Crippen LogP contribution in [0.4, 0.5) is 0 Å². The van der Waals surface area contributed by atoms with E-state index in [0.717, 1.165) is 31.5 Å². The van der Waals surface area contributed by atoms with Crippen molar-refractivity contribution in [3.8, 4) is 0 Å². The van der Waals surface area contributed by atoms with Crippen molar-refractivity contribution in [2.45, 2.75) is 37.7 Å². The van der Waals surface area contributed by atoms with E-state index in [2.05, 4.69) is 24.0 Å². The first-order valence-corrected chi connectivity index (χ1v) is 7.06. The third-order valence-corrected chi connectivity index (χ3v) is 4.15. The Balaban J connectivity index is 2.10. The molecule has 1 fully saturated rings. The van der Waals surface area contributed by atoms with Gasteiger partial charge in [0.05, 0.1) is 12.2 Å². The van der Waals surface area contributed by atoms with Crippen molar-refractivity contribution in [3.05, 3.63) is 35.9 Å². The van der Waals surface area contributed by atoms with E-state index in [1.807, 2.05) is 25.1 Å². The van der Waals surface area contributed by atoms with Crippen LogP contribution in [0.25, 0.3) is 0 Å². The molecular formula is C16H25NO2. The monoisotopic (exact) mass is 263 g/mol. The number of hydrogen-bond acceptors (Lipinski definition) is 3. The Bertz CT molecular complexity index is 404. The van der Waals surface area contributed by atoms with Crippen LogP contribution in [0.1, 0.15) is 32.3 Å². The van der Waals surface area contributed by atoms with Crippen molar-refractivity contribution in [2.24, 2.45) is 0 Å². The van der Waals surface area contributed by atoms with Crippen molar-refractivity contribution in [3.63, 3.8) is 0 Å². The highest BCUT2D eigenvalue weighted by Gasteiger charge is 2.34. The number of likely N-dealkylation sites (tertiary alicyclic amines) is 1. The summed E-state index contributed by atoms with van der Waals surface area (Å²) in [6, 6.07) is 10.1. The van der Waals surface area contributed by atoms with E-state index in [0.29, 0.717) is 6.54 Å². The number of hydrogen-bond donors (Lipinski definition) is 2. The van der Waals surface area contributed by atoms with Crippen molar-refractivity contribution in [1.82, 2.24) is 4.90 Å². The Morgan fingerprint density at radius 3 is 2.58 bits per heavy atom. The van der Waals surface area contributed by atoms with Gasteiger partial charge in [0.1, 0.15) is 0 Å². The van der Waals surface area contributed by atoms with Gasteiger partial charge < -0.3 is 10.2 Å². The van der Waals surface area contributed by atoms with Gasteiger partial charge in [0.2, 0.25) is 0 Å². The summed E-state index contributed by atoms with van der Waals surface area (Å²) < 4.78 is 0. The fourth-order valence-electron chi connectivity index (χ4n) is 3.02. The maximum atomic E-state index is 10.2. The highest BCUT2D eigenvalue weighted by molar-refractivity contribution is 5.25. The van der Waals surface area contributed by atoms with Gasteiger partial charge in [0, 0.05) is 18.5 Å². The maximum Gasteiger partial charge on any atom is 0.0746 e. The second kappa shape index (κ2) is 5.61. The quantitative estimate of drug-likeness (QED) is 0.870. The molecule has 1 aromatic rings. The lowest BCUT2D eigenvalue weighted by molar-refractivity contribution is -0.0244. The van der Waals surface area contributed by atoms with Gasteiger partial charge in [-0.05, 0) is 31.9 Å². The van der Waals surface area contributed by atoms with Gasteiger partial charge in [-0.1, -0.05) is 37.3 Å². The SMILES string of the molecule is CC1(O)CCCN(CC(C)(CO)c2ccccc2)C1. The van der Waals surface area contributed by atoms with Crippen LogP contribution < -0.4 is 0 Å². The lowest BCUT2D eigenvalue weighted by Gasteiger charge is -2.41. The molecule has 0 bridgehead atoms. The number of β-amino-alcohol motifs (C(OH)–C–C–N with tert-alkyl or cyclic N) is 1. The molecule has 1 aromatic carbocycles. The zero-order valence-electron chi connectivity index (χ0n) is 12.0. The maximum absolute atomic E-state index is 10.2. The Kier molecular flexibility index (Phi) is 4.29. The zero-order valence-corrected chi connectivity index (χ0v) is 12.0. The van der Waals surface area contributed by atoms with Crippen LogP contribution in [-0.4, -0.2) is 47.0 Å². The zero-order chi connectivity index (χ0) is 13.9. The average molecular weight is 263 g/mol. The molecule has 3 heteroatoms. The highest BCUT2D eigenvalue weighted by atomic mass is 16.3. The van der Waals surface area contributed by atoms with Gasteiger partial charge in [0.15, 0.2) is 0 Å². The van der Waals surface area contributed by atoms with Crippen LogP contribution in [0.3, 0.4) is 0 Å². The summed E-state index contributed by atoms with van der Waals surface area (Å²) in [5.74, 6) is 0. The van der Waals surface area contributed by atoms with Crippen molar-refractivity contribution in [1.29, 1.82) is 0 Å². The van der Waals surface area contributed by atoms with Crippen molar-refractivity contribution < 1.29 is 10.2 Å². The van der Waals surface area contributed by atoms with Gasteiger partial charge in [0.25, 0.3) is 0 Å². The van der Waals surface area contributed by atoms with Gasteiger partial charge in [-0.15, -0.1) is 0 Å². The number of piperidine rings is 1. The predicted octanol–water partition coefficient (Wildman–Crippen LogP) is 1.78. The first-order valence-electron chi connectivity index (χ1n) is 7.06. The van der Waals surface area contributed by atoms with Crippen LogP contribution in [-0.2, 0) is 5.41 Å². The molecule has 1 saturated heterocycles. The molecule has 2 rings (SSSR count). The number of aliphatic hydroxyl groups is 2. The molecule has 3 nitrogen and oxygen atoms in total. The molecule has 0 aliphatic carbocycles. The van der Waals surface area contributed by atoms with Gasteiger partial charge in [-0.2, -0.15) is 0 Å².